The largest absolute Gasteiger partial charge is 0.469 e. The van der Waals surface area contributed by atoms with Crippen molar-refractivity contribution in [2.45, 2.75) is 56.4 Å². The van der Waals surface area contributed by atoms with Crippen LogP contribution in [0.25, 0.3) is 0 Å². The zero-order valence-corrected chi connectivity index (χ0v) is 21.0. The maximum atomic E-state index is 14.7. The van der Waals surface area contributed by atoms with E-state index in [-0.39, 0.29) is 36.0 Å². The number of piperidine rings is 1. The molecular weight excluding hydrogens is 500 g/mol. The normalized spacial score (nSPS) is 25.2. The molecule has 5 rings (SSSR count). The first-order valence-corrected chi connectivity index (χ1v) is 12.8. The number of hydrogen-bond donors (Lipinski definition) is 0. The Labute approximate surface area is 217 Å². The van der Waals surface area contributed by atoms with Crippen molar-refractivity contribution >= 4 is 23.7 Å². The van der Waals surface area contributed by atoms with Crippen molar-refractivity contribution in [1.82, 2.24) is 24.8 Å². The van der Waals surface area contributed by atoms with Crippen molar-refractivity contribution in [3.63, 3.8) is 0 Å². The zero-order valence-electron chi connectivity index (χ0n) is 21.0. The topological polar surface area (TPSA) is 115 Å². The summed E-state index contributed by atoms with van der Waals surface area (Å²) in [6.45, 7) is -0.0993. The van der Waals surface area contributed by atoms with Gasteiger partial charge in [0.25, 0.3) is 5.91 Å². The number of halogens is 2. The lowest BCUT2D eigenvalue weighted by molar-refractivity contribution is -0.160. The molecule has 0 radical (unpaired) electrons. The third-order valence-corrected chi connectivity index (χ3v) is 7.88. The number of fused-ring (bicyclic) bond motifs is 1. The average Bonchev–Trinajstić information content (AvgIpc) is 3.44. The van der Waals surface area contributed by atoms with E-state index in [2.05, 4.69) is 10.3 Å². The Morgan fingerprint density at radius 1 is 1.11 bits per heavy atom. The van der Waals surface area contributed by atoms with E-state index in [0.29, 0.717) is 17.9 Å². The van der Waals surface area contributed by atoms with E-state index in [4.69, 9.17) is 4.74 Å². The van der Waals surface area contributed by atoms with Gasteiger partial charge in [0.15, 0.2) is 0 Å². The highest BCUT2D eigenvalue weighted by Gasteiger charge is 2.53. The highest BCUT2D eigenvalue weighted by Crippen LogP contribution is 2.38. The van der Waals surface area contributed by atoms with E-state index in [1.165, 1.54) is 30.2 Å². The number of alkyl halides is 2. The molecule has 3 aliphatic rings. The van der Waals surface area contributed by atoms with E-state index in [1.54, 1.807) is 4.68 Å². The number of ether oxygens (including phenoxy) is 1. The molecule has 1 saturated heterocycles. The number of methoxy groups -OCH3 is 1. The number of likely N-dealkylation sites (tertiary alicyclic amines) is 1. The van der Waals surface area contributed by atoms with Crippen LogP contribution in [0.2, 0.25) is 0 Å². The van der Waals surface area contributed by atoms with E-state index < -0.39 is 35.8 Å². The van der Waals surface area contributed by atoms with E-state index in [1.807, 2.05) is 6.20 Å². The van der Waals surface area contributed by atoms with Gasteiger partial charge in [-0.25, -0.2) is 4.68 Å². The van der Waals surface area contributed by atoms with Gasteiger partial charge in [0.05, 0.1) is 24.8 Å². The Kier molecular flexibility index (Phi) is 6.97. The monoisotopic (exact) mass is 529 g/mol. The molecule has 0 bridgehead atoms. The minimum Gasteiger partial charge on any atom is -0.469 e. The number of benzene rings is 1. The SMILES string of the molecule is COC(=O)C1CCC(c2cn(C3CCCN(C(=O)CN4C(=O)c5ccccc5C(F)(F)C4=O)C3)nn2)CC1. The number of nitrogens with zero attached hydrogens (tertiary/aromatic N) is 5. The summed E-state index contributed by atoms with van der Waals surface area (Å²) < 4.78 is 36.0. The number of hydrogen-bond acceptors (Lipinski definition) is 7. The number of esters is 1. The van der Waals surface area contributed by atoms with Crippen LogP contribution in [0.1, 0.15) is 72.1 Å². The van der Waals surface area contributed by atoms with Crippen molar-refractivity contribution in [3.05, 3.63) is 47.3 Å². The van der Waals surface area contributed by atoms with E-state index in [9.17, 15) is 28.0 Å². The molecule has 1 aromatic heterocycles. The molecule has 2 aromatic rings. The second-order valence-electron chi connectivity index (χ2n) is 10.1. The lowest BCUT2D eigenvalue weighted by atomic mass is 9.81. The molecule has 2 aliphatic heterocycles. The van der Waals surface area contributed by atoms with Crippen LogP contribution in [0, 0.1) is 5.92 Å². The summed E-state index contributed by atoms with van der Waals surface area (Å²) in [4.78, 5) is 52.0. The summed E-state index contributed by atoms with van der Waals surface area (Å²) in [6.07, 6.45) is 6.34. The first-order chi connectivity index (χ1) is 18.2. The minimum absolute atomic E-state index is 0.0868. The minimum atomic E-state index is -3.89. The van der Waals surface area contributed by atoms with Crippen molar-refractivity contribution in [2.24, 2.45) is 5.92 Å². The van der Waals surface area contributed by atoms with Gasteiger partial charge in [0, 0.05) is 36.3 Å². The molecule has 2 fully saturated rings. The number of carbonyl (C=O) groups excluding carboxylic acids is 4. The molecule has 0 N–H and O–H groups in total. The van der Waals surface area contributed by atoms with Crippen LogP contribution in [0.5, 0.6) is 0 Å². The lowest BCUT2D eigenvalue weighted by Gasteiger charge is -2.36. The molecule has 3 heterocycles. The first kappa shape index (κ1) is 25.9. The average molecular weight is 530 g/mol. The third kappa shape index (κ3) is 4.67. The van der Waals surface area contributed by atoms with Crippen molar-refractivity contribution < 1.29 is 32.7 Å². The maximum absolute atomic E-state index is 14.7. The van der Waals surface area contributed by atoms with Crippen molar-refractivity contribution in [1.29, 1.82) is 0 Å². The smallest absolute Gasteiger partial charge is 0.351 e. The van der Waals surface area contributed by atoms with Gasteiger partial charge < -0.3 is 9.64 Å². The summed E-state index contributed by atoms with van der Waals surface area (Å²) in [5, 5.41) is 8.62. The molecule has 1 atom stereocenters. The fraction of sp³-hybridized carbons (Fsp3) is 0.538. The number of amides is 3. The molecule has 3 amide bonds. The molecule has 202 valence electrons. The molecule has 1 aromatic carbocycles. The number of aromatic nitrogens is 3. The van der Waals surface area contributed by atoms with Crippen LogP contribution < -0.4 is 0 Å². The van der Waals surface area contributed by atoms with Gasteiger partial charge in [-0.2, -0.15) is 8.78 Å². The van der Waals surface area contributed by atoms with E-state index >= 15 is 0 Å². The van der Waals surface area contributed by atoms with Gasteiger partial charge in [0.2, 0.25) is 5.91 Å². The second kappa shape index (κ2) is 10.2. The van der Waals surface area contributed by atoms with Gasteiger partial charge in [0.1, 0.15) is 6.54 Å². The fourth-order valence-corrected chi connectivity index (χ4v) is 5.69. The summed E-state index contributed by atoms with van der Waals surface area (Å²) in [5.41, 5.74) is -0.0862. The number of imide groups is 1. The number of carbonyl (C=O) groups is 4. The molecule has 1 saturated carbocycles. The molecule has 12 heteroatoms. The Bertz CT molecular complexity index is 1260. The van der Waals surface area contributed by atoms with Crippen LogP contribution in [-0.4, -0.2) is 75.2 Å². The Morgan fingerprint density at radius 2 is 1.84 bits per heavy atom. The first-order valence-electron chi connectivity index (χ1n) is 12.8. The Hall–Kier alpha value is -3.70. The standard InChI is InChI=1S/C26H29F2N5O5/c1-38-24(36)17-10-8-16(9-11-17)21-14-33(30-29-21)18-5-4-12-31(13-18)22(34)15-32-23(35)19-6-2-3-7-20(19)26(27,28)25(32)37/h2-3,6-7,14,16-18H,4-5,8-13,15H2,1H3. The van der Waals surface area contributed by atoms with Crippen LogP contribution >= 0.6 is 0 Å². The van der Waals surface area contributed by atoms with Gasteiger partial charge in [-0.15, -0.1) is 5.10 Å². The Balaban J connectivity index is 1.23. The van der Waals surface area contributed by atoms with Gasteiger partial charge in [-0.1, -0.05) is 23.4 Å². The van der Waals surface area contributed by atoms with Crippen LogP contribution in [-0.2, 0) is 25.0 Å². The summed E-state index contributed by atoms with van der Waals surface area (Å²) in [7, 11) is 1.40. The highest BCUT2D eigenvalue weighted by atomic mass is 19.3. The van der Waals surface area contributed by atoms with Gasteiger partial charge in [-0.3, -0.25) is 24.1 Å². The quantitative estimate of drug-likeness (QED) is 0.432. The molecular formula is C26H29F2N5O5. The third-order valence-electron chi connectivity index (χ3n) is 7.88. The van der Waals surface area contributed by atoms with Crippen molar-refractivity contribution in [2.75, 3.05) is 26.7 Å². The van der Waals surface area contributed by atoms with E-state index in [0.717, 1.165) is 43.9 Å². The van der Waals surface area contributed by atoms with Gasteiger partial charge in [-0.05, 0) is 44.6 Å². The predicted octanol–water partition coefficient (Wildman–Crippen LogP) is 2.66. The summed E-state index contributed by atoms with van der Waals surface area (Å²) >= 11 is 0. The fourth-order valence-electron chi connectivity index (χ4n) is 5.69. The summed E-state index contributed by atoms with van der Waals surface area (Å²) in [6, 6.07) is 4.89. The molecule has 1 unspecified atom stereocenters. The summed E-state index contributed by atoms with van der Waals surface area (Å²) in [5.74, 6) is -7.13. The lowest BCUT2D eigenvalue weighted by Crippen LogP contribution is -2.54. The number of rotatable bonds is 5. The van der Waals surface area contributed by atoms with Gasteiger partial charge >= 0.3 is 17.8 Å². The molecule has 38 heavy (non-hydrogen) atoms. The van der Waals surface area contributed by atoms with Crippen molar-refractivity contribution in [3.8, 4) is 0 Å². The molecule has 0 spiro atoms. The maximum Gasteiger partial charge on any atom is 0.351 e. The predicted molar refractivity (Wildman–Crippen MR) is 128 cm³/mol. The Morgan fingerprint density at radius 3 is 2.58 bits per heavy atom. The van der Waals surface area contributed by atoms with Crippen LogP contribution in [0.4, 0.5) is 8.78 Å². The second-order valence-corrected chi connectivity index (χ2v) is 10.1. The van der Waals surface area contributed by atoms with Crippen LogP contribution in [0.15, 0.2) is 30.5 Å². The van der Waals surface area contributed by atoms with Crippen LogP contribution in [0.3, 0.4) is 0 Å². The highest BCUT2D eigenvalue weighted by molar-refractivity contribution is 6.13. The molecule has 1 aliphatic carbocycles. The zero-order chi connectivity index (χ0) is 27.0. The molecule has 10 nitrogen and oxygen atoms in total.